The van der Waals surface area contributed by atoms with Crippen molar-refractivity contribution in [3.63, 3.8) is 0 Å². The molecule has 3 aromatic rings. The van der Waals surface area contributed by atoms with Gasteiger partial charge >= 0.3 is 5.97 Å². The molecular weight excluding hydrogens is 358 g/mol. The van der Waals surface area contributed by atoms with Crippen LogP contribution in [0.4, 0.5) is 0 Å². The minimum atomic E-state index is -1.04. The molecule has 6 heteroatoms. The van der Waals surface area contributed by atoms with Gasteiger partial charge in [0.15, 0.2) is 0 Å². The number of hydrogen-bond donors (Lipinski definition) is 1. The lowest BCUT2D eigenvalue weighted by atomic mass is 10.1. The van der Waals surface area contributed by atoms with E-state index in [-0.39, 0.29) is 24.3 Å². The Hall–Kier alpha value is -3.12. The molecule has 144 valence electrons. The lowest BCUT2D eigenvalue weighted by molar-refractivity contribution is -0.130. The molecule has 1 aliphatic rings. The number of hydrogen-bond acceptors (Lipinski definition) is 5. The monoisotopic (exact) mass is 379 g/mol. The molecule has 28 heavy (non-hydrogen) atoms. The maximum Gasteiger partial charge on any atom is 0.375 e. The van der Waals surface area contributed by atoms with Crippen LogP contribution in [0.5, 0.6) is 0 Å². The first kappa shape index (κ1) is 18.3. The van der Waals surface area contributed by atoms with Gasteiger partial charge in [0.25, 0.3) is 5.91 Å². The van der Waals surface area contributed by atoms with Gasteiger partial charge in [-0.1, -0.05) is 48.5 Å². The Balaban J connectivity index is 1.65. The SMILES string of the molecule is COCc1c(C(=O)O[C@H](C(=O)NC2CC2)c2ccccc2)oc2ccccc12. The van der Waals surface area contributed by atoms with Gasteiger partial charge in [-0.15, -0.1) is 0 Å². The van der Waals surface area contributed by atoms with Gasteiger partial charge in [-0.2, -0.15) is 0 Å². The Bertz CT molecular complexity index is 991. The molecule has 1 aromatic heterocycles. The second-order valence-corrected chi connectivity index (χ2v) is 6.82. The summed E-state index contributed by atoms with van der Waals surface area (Å²) in [7, 11) is 1.55. The van der Waals surface area contributed by atoms with E-state index in [0.717, 1.165) is 18.2 Å². The van der Waals surface area contributed by atoms with Gasteiger partial charge in [-0.05, 0) is 18.9 Å². The fourth-order valence-electron chi connectivity index (χ4n) is 3.12. The molecule has 2 aromatic carbocycles. The number of nitrogens with one attached hydrogen (secondary N) is 1. The van der Waals surface area contributed by atoms with Crippen molar-refractivity contribution in [3.8, 4) is 0 Å². The Labute approximate surface area is 162 Å². The Morgan fingerprint density at radius 3 is 2.54 bits per heavy atom. The van der Waals surface area contributed by atoms with Crippen LogP contribution in [0.2, 0.25) is 0 Å². The summed E-state index contributed by atoms with van der Waals surface area (Å²) in [4.78, 5) is 25.6. The molecule has 1 aliphatic carbocycles. The number of esters is 1. The van der Waals surface area contributed by atoms with Crippen LogP contribution in [-0.4, -0.2) is 25.0 Å². The largest absolute Gasteiger partial charge is 0.449 e. The van der Waals surface area contributed by atoms with E-state index in [1.165, 1.54) is 0 Å². The third kappa shape index (κ3) is 3.77. The summed E-state index contributed by atoms with van der Waals surface area (Å²) in [5.74, 6) is -0.960. The number of ether oxygens (including phenoxy) is 2. The fourth-order valence-corrected chi connectivity index (χ4v) is 3.12. The van der Waals surface area contributed by atoms with E-state index < -0.39 is 12.1 Å². The molecule has 1 atom stereocenters. The highest BCUT2D eigenvalue weighted by Crippen LogP contribution is 2.29. The van der Waals surface area contributed by atoms with Crippen molar-refractivity contribution < 1.29 is 23.5 Å². The zero-order valence-electron chi connectivity index (χ0n) is 15.5. The van der Waals surface area contributed by atoms with Crippen molar-refractivity contribution in [2.24, 2.45) is 0 Å². The number of fused-ring (bicyclic) bond motifs is 1. The predicted octanol–water partition coefficient (Wildman–Crippen LogP) is 3.76. The summed E-state index contributed by atoms with van der Waals surface area (Å²) in [6.07, 6.45) is 0.851. The zero-order valence-corrected chi connectivity index (χ0v) is 15.5. The van der Waals surface area contributed by atoms with E-state index in [1.807, 2.05) is 24.3 Å². The number of carbonyl (C=O) groups excluding carboxylic acids is 2. The maximum absolute atomic E-state index is 12.9. The highest BCUT2D eigenvalue weighted by atomic mass is 16.6. The third-order valence-corrected chi connectivity index (χ3v) is 4.66. The van der Waals surface area contributed by atoms with Crippen LogP contribution < -0.4 is 5.32 Å². The highest BCUT2D eigenvalue weighted by Gasteiger charge is 2.32. The normalized spacial score (nSPS) is 14.6. The molecule has 4 rings (SSSR count). The standard InChI is InChI=1S/C22H21NO5/c1-26-13-17-16-9-5-6-10-18(16)27-20(17)22(25)28-19(14-7-3-2-4-8-14)21(24)23-15-11-12-15/h2-10,15,19H,11-13H2,1H3,(H,23,24)/t19-/m0/s1. The van der Waals surface area contributed by atoms with E-state index in [2.05, 4.69) is 5.32 Å². The van der Waals surface area contributed by atoms with Gasteiger partial charge in [-0.3, -0.25) is 4.79 Å². The topological polar surface area (TPSA) is 77.8 Å². The smallest absolute Gasteiger partial charge is 0.375 e. The molecule has 6 nitrogen and oxygen atoms in total. The molecule has 1 saturated carbocycles. The number of amides is 1. The van der Waals surface area contributed by atoms with E-state index in [0.29, 0.717) is 16.7 Å². The zero-order chi connectivity index (χ0) is 19.5. The van der Waals surface area contributed by atoms with Crippen LogP contribution in [0.15, 0.2) is 59.0 Å². The first-order valence-electron chi connectivity index (χ1n) is 9.23. The van der Waals surface area contributed by atoms with E-state index in [1.54, 1.807) is 37.4 Å². The third-order valence-electron chi connectivity index (χ3n) is 4.66. The number of carbonyl (C=O) groups is 2. The van der Waals surface area contributed by atoms with Gasteiger partial charge in [-0.25, -0.2) is 4.79 Å². The lowest BCUT2D eigenvalue weighted by Gasteiger charge is -2.17. The predicted molar refractivity (Wildman–Crippen MR) is 103 cm³/mol. The Kier molecular flexibility index (Phi) is 5.12. The van der Waals surface area contributed by atoms with Crippen molar-refractivity contribution in [2.45, 2.75) is 31.6 Å². The molecule has 1 fully saturated rings. The minimum Gasteiger partial charge on any atom is -0.449 e. The quantitative estimate of drug-likeness (QED) is 0.633. The number of furan rings is 1. The van der Waals surface area contributed by atoms with Crippen molar-refractivity contribution in [1.82, 2.24) is 5.32 Å². The van der Waals surface area contributed by atoms with Crippen LogP contribution in [0.25, 0.3) is 11.0 Å². The molecule has 0 bridgehead atoms. The van der Waals surface area contributed by atoms with Gasteiger partial charge in [0.1, 0.15) is 5.58 Å². The highest BCUT2D eigenvalue weighted by molar-refractivity contribution is 5.97. The first-order valence-corrected chi connectivity index (χ1v) is 9.23. The van der Waals surface area contributed by atoms with Crippen LogP contribution in [0, 0.1) is 0 Å². The Morgan fingerprint density at radius 1 is 1.11 bits per heavy atom. The average molecular weight is 379 g/mol. The maximum atomic E-state index is 12.9. The van der Waals surface area contributed by atoms with Gasteiger partial charge in [0.2, 0.25) is 11.9 Å². The van der Waals surface area contributed by atoms with Crippen molar-refractivity contribution in [2.75, 3.05) is 7.11 Å². The first-order chi connectivity index (χ1) is 13.7. The average Bonchev–Trinajstić information content (AvgIpc) is 3.46. The molecular formula is C22H21NO5. The molecule has 1 heterocycles. The second-order valence-electron chi connectivity index (χ2n) is 6.82. The minimum absolute atomic E-state index is 0.0585. The molecule has 1 amide bonds. The van der Waals surface area contributed by atoms with E-state index in [9.17, 15) is 9.59 Å². The second kappa shape index (κ2) is 7.86. The van der Waals surface area contributed by atoms with Crippen molar-refractivity contribution >= 4 is 22.8 Å². The summed E-state index contributed by atoms with van der Waals surface area (Å²) in [6.45, 7) is 0.200. The molecule has 0 saturated heterocycles. The summed E-state index contributed by atoms with van der Waals surface area (Å²) in [5.41, 5.74) is 1.79. The lowest BCUT2D eigenvalue weighted by Crippen LogP contribution is -2.33. The van der Waals surface area contributed by atoms with E-state index >= 15 is 0 Å². The van der Waals surface area contributed by atoms with E-state index in [4.69, 9.17) is 13.9 Å². The number of para-hydroxylation sites is 1. The number of benzene rings is 2. The Morgan fingerprint density at radius 2 is 1.82 bits per heavy atom. The molecule has 0 radical (unpaired) electrons. The van der Waals surface area contributed by atoms with Crippen LogP contribution in [0.1, 0.15) is 40.6 Å². The van der Waals surface area contributed by atoms with Crippen molar-refractivity contribution in [3.05, 3.63) is 71.5 Å². The summed E-state index contributed by atoms with van der Waals surface area (Å²) >= 11 is 0. The summed E-state index contributed by atoms with van der Waals surface area (Å²) in [5, 5.41) is 3.69. The summed E-state index contributed by atoms with van der Waals surface area (Å²) < 4.78 is 16.6. The van der Waals surface area contributed by atoms with Crippen LogP contribution >= 0.6 is 0 Å². The molecule has 0 aliphatic heterocycles. The van der Waals surface area contributed by atoms with Crippen molar-refractivity contribution in [1.29, 1.82) is 0 Å². The molecule has 0 unspecified atom stereocenters. The fraction of sp³-hybridized carbons (Fsp3) is 0.273. The molecule has 0 spiro atoms. The number of methoxy groups -OCH3 is 1. The summed E-state index contributed by atoms with van der Waals surface area (Å²) in [6, 6.07) is 16.5. The van der Waals surface area contributed by atoms with Gasteiger partial charge < -0.3 is 19.2 Å². The van der Waals surface area contributed by atoms with Gasteiger partial charge in [0.05, 0.1) is 6.61 Å². The molecule has 1 N–H and O–H groups in total. The van der Waals surface area contributed by atoms with Crippen LogP contribution in [0.3, 0.4) is 0 Å². The van der Waals surface area contributed by atoms with Gasteiger partial charge in [0, 0.05) is 29.7 Å². The van der Waals surface area contributed by atoms with Crippen LogP contribution in [-0.2, 0) is 20.9 Å². The number of rotatable bonds is 7.